The third-order valence-electron chi connectivity index (χ3n) is 5.86. The fraction of sp³-hybridized carbons (Fsp3) is 0.789. The molecule has 0 radical (unpaired) electrons. The maximum Gasteiger partial charge on any atom is 0.414 e. The summed E-state index contributed by atoms with van der Waals surface area (Å²) < 4.78 is 23.2. The van der Waals surface area contributed by atoms with Crippen LogP contribution in [-0.4, -0.2) is 61.1 Å². The predicted octanol–water partition coefficient (Wildman–Crippen LogP) is 2.55. The van der Waals surface area contributed by atoms with Gasteiger partial charge in [-0.25, -0.2) is 4.79 Å². The van der Waals surface area contributed by atoms with Crippen molar-refractivity contribution in [2.24, 2.45) is 5.92 Å². The monoisotopic (exact) mass is 401 g/mol. The summed E-state index contributed by atoms with van der Waals surface area (Å²) in [6, 6.07) is 0. The first-order valence-corrected chi connectivity index (χ1v) is 9.83. The van der Waals surface area contributed by atoms with Gasteiger partial charge in [-0.2, -0.15) is 0 Å². The summed E-state index contributed by atoms with van der Waals surface area (Å²) in [7, 11) is 1.61. The molecule has 7 nitrogen and oxygen atoms in total. The SMILES string of the molecule is CO[C@@H]1C(OC(=O)NC(=O)CCl)CC[C@]2(CO2)[C@H]1[C@@]1(C)O[C@@H]1CC=C(C)C. The smallest absolute Gasteiger partial charge is 0.414 e. The Morgan fingerprint density at radius 1 is 1.37 bits per heavy atom. The van der Waals surface area contributed by atoms with E-state index in [2.05, 4.69) is 32.2 Å². The average molecular weight is 402 g/mol. The largest absolute Gasteiger partial charge is 0.443 e. The molecule has 1 N–H and O–H groups in total. The molecule has 2 aliphatic heterocycles. The highest BCUT2D eigenvalue weighted by molar-refractivity contribution is 6.28. The number of alkyl carbamates (subject to hydrolysis) is 1. The molecule has 152 valence electrons. The predicted molar refractivity (Wildman–Crippen MR) is 98.7 cm³/mol. The Morgan fingerprint density at radius 3 is 2.63 bits per heavy atom. The molecule has 1 spiro atoms. The van der Waals surface area contributed by atoms with Crippen molar-refractivity contribution in [3.63, 3.8) is 0 Å². The van der Waals surface area contributed by atoms with Crippen LogP contribution >= 0.6 is 11.6 Å². The van der Waals surface area contributed by atoms with Crippen LogP contribution in [0.4, 0.5) is 4.79 Å². The lowest BCUT2D eigenvalue weighted by Crippen LogP contribution is -2.56. The number of allylic oxidation sites excluding steroid dienone is 1. The number of carbonyl (C=O) groups is 2. The van der Waals surface area contributed by atoms with Crippen LogP contribution in [0.15, 0.2) is 11.6 Å². The number of alkyl halides is 1. The van der Waals surface area contributed by atoms with Crippen LogP contribution in [0, 0.1) is 5.92 Å². The highest BCUT2D eigenvalue weighted by Gasteiger charge is 2.72. The second kappa shape index (κ2) is 7.70. The van der Waals surface area contributed by atoms with Crippen molar-refractivity contribution < 1.29 is 28.5 Å². The van der Waals surface area contributed by atoms with Gasteiger partial charge in [-0.1, -0.05) is 11.6 Å². The topological polar surface area (TPSA) is 89.7 Å². The number of epoxide rings is 2. The number of nitrogens with one attached hydrogen (secondary N) is 1. The average Bonchev–Trinajstić information content (AvgIpc) is 3.52. The van der Waals surface area contributed by atoms with E-state index in [4.69, 9.17) is 30.5 Å². The third-order valence-corrected chi connectivity index (χ3v) is 6.10. The number of carbonyl (C=O) groups excluding carboxylic acids is 2. The summed E-state index contributed by atoms with van der Waals surface area (Å²) in [5, 5.41) is 2.11. The molecule has 3 aliphatic rings. The number of methoxy groups -OCH3 is 1. The van der Waals surface area contributed by atoms with Gasteiger partial charge in [0.1, 0.15) is 29.3 Å². The van der Waals surface area contributed by atoms with E-state index >= 15 is 0 Å². The Kier molecular flexibility index (Phi) is 5.87. The molecular formula is C19H28ClNO6. The number of amides is 2. The van der Waals surface area contributed by atoms with Crippen LogP contribution in [-0.2, 0) is 23.7 Å². The zero-order valence-corrected chi connectivity index (χ0v) is 17.0. The van der Waals surface area contributed by atoms with Crippen molar-refractivity contribution >= 4 is 23.6 Å². The molecule has 1 unspecified atom stereocenters. The summed E-state index contributed by atoms with van der Waals surface area (Å²) >= 11 is 5.42. The van der Waals surface area contributed by atoms with E-state index in [-0.39, 0.29) is 29.6 Å². The van der Waals surface area contributed by atoms with Gasteiger partial charge in [-0.05, 0) is 40.0 Å². The van der Waals surface area contributed by atoms with Gasteiger partial charge in [-0.15, -0.1) is 11.6 Å². The van der Waals surface area contributed by atoms with Crippen molar-refractivity contribution in [1.82, 2.24) is 5.32 Å². The lowest BCUT2D eigenvalue weighted by Gasteiger charge is -2.42. The molecule has 3 fully saturated rings. The number of hydrogen-bond acceptors (Lipinski definition) is 6. The molecule has 6 atom stereocenters. The summed E-state index contributed by atoms with van der Waals surface area (Å²) in [6.07, 6.45) is 2.78. The normalized spacial score (nSPS) is 39.6. The third kappa shape index (κ3) is 4.16. The van der Waals surface area contributed by atoms with Crippen molar-refractivity contribution in [1.29, 1.82) is 0 Å². The minimum absolute atomic E-state index is 0.0548. The van der Waals surface area contributed by atoms with Crippen molar-refractivity contribution in [3.8, 4) is 0 Å². The molecule has 8 heteroatoms. The highest BCUT2D eigenvalue weighted by Crippen LogP contribution is 2.59. The van der Waals surface area contributed by atoms with E-state index in [9.17, 15) is 9.59 Å². The van der Waals surface area contributed by atoms with Crippen molar-refractivity contribution in [3.05, 3.63) is 11.6 Å². The quantitative estimate of drug-likeness (QED) is 0.418. The number of rotatable bonds is 6. The fourth-order valence-electron chi connectivity index (χ4n) is 4.38. The Morgan fingerprint density at radius 2 is 2.07 bits per heavy atom. The van der Waals surface area contributed by atoms with E-state index in [0.717, 1.165) is 12.8 Å². The van der Waals surface area contributed by atoms with Gasteiger partial charge in [-0.3, -0.25) is 10.1 Å². The second-order valence-electron chi connectivity index (χ2n) is 8.00. The summed E-state index contributed by atoms with van der Waals surface area (Å²) in [5.41, 5.74) is 0.574. The molecule has 0 bridgehead atoms. The van der Waals surface area contributed by atoms with Crippen LogP contribution in [0.25, 0.3) is 0 Å². The fourth-order valence-corrected chi connectivity index (χ4v) is 4.45. The van der Waals surface area contributed by atoms with Gasteiger partial charge in [0.15, 0.2) is 0 Å². The summed E-state index contributed by atoms with van der Waals surface area (Å²) in [5.74, 6) is -0.949. The van der Waals surface area contributed by atoms with Gasteiger partial charge in [0, 0.05) is 7.11 Å². The van der Waals surface area contributed by atoms with E-state index in [1.165, 1.54) is 5.57 Å². The molecular weight excluding hydrogens is 374 g/mol. The molecule has 1 saturated carbocycles. The van der Waals surface area contributed by atoms with Crippen LogP contribution < -0.4 is 5.32 Å². The molecule has 1 aliphatic carbocycles. The maximum atomic E-state index is 12.0. The zero-order valence-electron chi connectivity index (χ0n) is 16.2. The lowest BCUT2D eigenvalue weighted by molar-refractivity contribution is -0.124. The molecule has 0 aromatic rings. The van der Waals surface area contributed by atoms with Gasteiger partial charge in [0.25, 0.3) is 0 Å². The first-order chi connectivity index (χ1) is 12.8. The Hall–Kier alpha value is -1.15. The number of ether oxygens (including phenoxy) is 4. The van der Waals surface area contributed by atoms with Crippen LogP contribution in [0.2, 0.25) is 0 Å². The summed E-state index contributed by atoms with van der Waals surface area (Å²) in [4.78, 5) is 23.3. The minimum Gasteiger partial charge on any atom is -0.443 e. The van der Waals surface area contributed by atoms with Crippen LogP contribution in [0.5, 0.6) is 0 Å². The molecule has 0 aromatic carbocycles. The van der Waals surface area contributed by atoms with E-state index < -0.39 is 23.7 Å². The maximum absolute atomic E-state index is 12.0. The summed E-state index contributed by atoms with van der Waals surface area (Å²) in [6.45, 7) is 6.87. The van der Waals surface area contributed by atoms with Crippen LogP contribution in [0.3, 0.4) is 0 Å². The number of imide groups is 1. The lowest BCUT2D eigenvalue weighted by atomic mass is 9.68. The first-order valence-electron chi connectivity index (χ1n) is 9.30. The Labute approximate surface area is 164 Å². The van der Waals surface area contributed by atoms with Gasteiger partial charge in [0.2, 0.25) is 5.91 Å². The second-order valence-corrected chi connectivity index (χ2v) is 8.27. The van der Waals surface area contributed by atoms with Crippen molar-refractivity contribution in [2.75, 3.05) is 19.6 Å². The zero-order chi connectivity index (χ0) is 19.8. The molecule has 27 heavy (non-hydrogen) atoms. The first kappa shape index (κ1) is 20.6. The number of halogens is 1. The Bertz CT molecular complexity index is 630. The van der Waals surface area contributed by atoms with Gasteiger partial charge in [0.05, 0.1) is 18.6 Å². The van der Waals surface area contributed by atoms with E-state index in [1.54, 1.807) is 7.11 Å². The molecule has 2 amide bonds. The standard InChI is InChI=1S/C19H28ClNO6/c1-11(2)5-6-13-18(3,27-13)16-15(24-4)12(7-8-19(16)10-25-19)26-17(23)21-14(22)9-20/h5,12-13,15-16H,6-10H2,1-4H3,(H,21,22,23)/t12?,13-,15-,16-,18+,19+/m1/s1. The Balaban J connectivity index is 1.73. The molecule has 3 rings (SSSR count). The van der Waals surface area contributed by atoms with E-state index in [0.29, 0.717) is 13.0 Å². The molecule has 0 aromatic heterocycles. The van der Waals surface area contributed by atoms with Gasteiger partial charge < -0.3 is 18.9 Å². The van der Waals surface area contributed by atoms with Crippen LogP contribution in [0.1, 0.15) is 40.0 Å². The van der Waals surface area contributed by atoms with Crippen molar-refractivity contribution in [2.45, 2.75) is 69.5 Å². The molecule has 2 saturated heterocycles. The minimum atomic E-state index is -0.804. The molecule has 2 heterocycles. The highest BCUT2D eigenvalue weighted by atomic mass is 35.5. The van der Waals surface area contributed by atoms with E-state index in [1.807, 2.05) is 0 Å². The van der Waals surface area contributed by atoms with Gasteiger partial charge >= 0.3 is 6.09 Å². The number of hydrogen-bond donors (Lipinski definition) is 1.